The van der Waals surface area contributed by atoms with Crippen molar-refractivity contribution >= 4 is 39.1 Å². The molecule has 0 spiro atoms. The van der Waals surface area contributed by atoms with Gasteiger partial charge < -0.3 is 15.8 Å². The summed E-state index contributed by atoms with van der Waals surface area (Å²) in [6, 6.07) is 6.79. The molecule has 0 aliphatic carbocycles. The largest absolute Gasteiger partial charge is 0.471 e. The number of thiophene rings is 1. The molecule has 4 aromatic heterocycles. The van der Waals surface area contributed by atoms with E-state index < -0.39 is 35.7 Å². The van der Waals surface area contributed by atoms with E-state index in [1.165, 1.54) is 41.3 Å². The highest BCUT2D eigenvalue weighted by Gasteiger charge is 2.31. The van der Waals surface area contributed by atoms with Gasteiger partial charge in [-0.3, -0.25) is 14.3 Å². The van der Waals surface area contributed by atoms with Crippen LogP contribution in [0.2, 0.25) is 0 Å². The van der Waals surface area contributed by atoms with E-state index in [2.05, 4.69) is 20.5 Å². The second-order valence-electron chi connectivity index (χ2n) is 9.20. The Bertz CT molecular complexity index is 1840. The lowest BCUT2D eigenvalue weighted by Gasteiger charge is -2.11. The predicted octanol–water partition coefficient (Wildman–Crippen LogP) is 6.03. The van der Waals surface area contributed by atoms with Crippen molar-refractivity contribution in [3.05, 3.63) is 76.3 Å². The van der Waals surface area contributed by atoms with Crippen molar-refractivity contribution in [2.75, 3.05) is 5.32 Å². The van der Waals surface area contributed by atoms with Gasteiger partial charge in [0.05, 0.1) is 17.4 Å². The number of anilines is 1. The van der Waals surface area contributed by atoms with E-state index >= 15 is 0 Å². The molecule has 0 saturated carbocycles. The van der Waals surface area contributed by atoms with Gasteiger partial charge in [0.15, 0.2) is 12.4 Å². The number of nitrogens with one attached hydrogen (secondary N) is 1. The molecule has 10 nitrogen and oxygen atoms in total. The van der Waals surface area contributed by atoms with Gasteiger partial charge in [0, 0.05) is 29.4 Å². The van der Waals surface area contributed by atoms with Crippen LogP contribution in [-0.2, 0) is 19.5 Å². The van der Waals surface area contributed by atoms with Crippen LogP contribution < -0.4 is 15.8 Å². The molecule has 5 aromatic rings. The molecular weight excluding hydrogens is 597 g/mol. The molecule has 1 aromatic carbocycles. The molecule has 0 atom stereocenters. The number of halogens is 5. The minimum atomic E-state index is -4.54. The first-order chi connectivity index (χ1) is 20.4. The average Bonchev–Trinajstić information content (AvgIpc) is 3.68. The van der Waals surface area contributed by atoms with Gasteiger partial charge in [-0.25, -0.2) is 18.4 Å². The van der Waals surface area contributed by atoms with E-state index in [0.717, 1.165) is 23.5 Å². The van der Waals surface area contributed by atoms with E-state index in [0.29, 0.717) is 17.8 Å². The fourth-order valence-electron chi connectivity index (χ4n) is 4.40. The second-order valence-corrected chi connectivity index (χ2v) is 10.2. The number of primary amides is 1. The van der Waals surface area contributed by atoms with Crippen LogP contribution >= 0.6 is 11.3 Å². The number of aromatic nitrogens is 5. The maximum atomic E-state index is 13.8. The molecule has 0 bridgehead atoms. The lowest BCUT2D eigenvalue weighted by molar-refractivity contribution is -0.137. The first-order valence-corrected chi connectivity index (χ1v) is 13.4. The Kier molecular flexibility index (Phi) is 7.88. The third kappa shape index (κ3) is 5.90. The SMILES string of the molecule is CCn1ncc(-c2cc(C(F)F)nc3sc(C(N)=O)c(NC(=O)c4ccn(COc5cccc(C(F)(F)F)c5)n4)c23)c1C. The summed E-state index contributed by atoms with van der Waals surface area (Å²) in [5.74, 6) is -1.74. The normalized spacial score (nSPS) is 11.8. The molecule has 3 N–H and O–H groups in total. The van der Waals surface area contributed by atoms with Gasteiger partial charge in [-0.05, 0) is 49.7 Å². The second kappa shape index (κ2) is 11.4. The van der Waals surface area contributed by atoms with Crippen LogP contribution in [0.25, 0.3) is 21.3 Å². The van der Waals surface area contributed by atoms with Gasteiger partial charge in [0.25, 0.3) is 18.2 Å². The molecule has 4 heterocycles. The Labute approximate surface area is 243 Å². The van der Waals surface area contributed by atoms with Gasteiger partial charge in [-0.15, -0.1) is 11.3 Å². The average molecular weight is 620 g/mol. The number of fused-ring (bicyclic) bond motifs is 1. The molecule has 0 radical (unpaired) electrons. The van der Waals surface area contributed by atoms with Crippen molar-refractivity contribution in [1.82, 2.24) is 24.5 Å². The zero-order valence-electron chi connectivity index (χ0n) is 22.4. The summed E-state index contributed by atoms with van der Waals surface area (Å²) in [5, 5.41) is 11.2. The summed E-state index contributed by atoms with van der Waals surface area (Å²) in [5.41, 5.74) is 5.46. The monoisotopic (exact) mass is 619 g/mol. The standard InChI is InChI=1S/C27H22F5N7O3S/c1-3-39-13(2)17(11-34-39)16-10-19(23(28)29)35-26-20(16)21(22(43-26)24(33)40)36-25(41)18-7-8-38(37-18)12-42-15-6-4-5-14(9-15)27(30,31)32/h4-11,23H,3,12H2,1-2H3,(H2,33,40)(H,36,41). The van der Waals surface area contributed by atoms with Crippen molar-refractivity contribution in [3.8, 4) is 16.9 Å². The molecule has 0 aliphatic heterocycles. The van der Waals surface area contributed by atoms with Crippen LogP contribution in [0.15, 0.2) is 48.8 Å². The number of nitrogens with two attached hydrogens (primary N) is 1. The molecule has 0 unspecified atom stereocenters. The van der Waals surface area contributed by atoms with Crippen LogP contribution in [-0.4, -0.2) is 36.4 Å². The lowest BCUT2D eigenvalue weighted by Crippen LogP contribution is -2.18. The number of benzene rings is 1. The predicted molar refractivity (Wildman–Crippen MR) is 147 cm³/mol. The summed E-state index contributed by atoms with van der Waals surface area (Å²) in [6.07, 6.45) is -4.59. The minimum Gasteiger partial charge on any atom is -0.471 e. The van der Waals surface area contributed by atoms with E-state index in [1.54, 1.807) is 11.6 Å². The summed E-state index contributed by atoms with van der Waals surface area (Å²) in [7, 11) is 0. The van der Waals surface area contributed by atoms with Crippen LogP contribution in [0.1, 0.15) is 50.5 Å². The maximum absolute atomic E-state index is 13.8. The zero-order chi connectivity index (χ0) is 31.1. The molecule has 0 saturated heterocycles. The Morgan fingerprint density at radius 3 is 2.58 bits per heavy atom. The summed E-state index contributed by atoms with van der Waals surface area (Å²) in [6.45, 7) is 3.82. The fourth-order valence-corrected chi connectivity index (χ4v) is 5.41. The summed E-state index contributed by atoms with van der Waals surface area (Å²) >= 11 is 0.755. The molecule has 224 valence electrons. The number of nitrogens with zero attached hydrogens (tertiary/aromatic N) is 5. The van der Waals surface area contributed by atoms with Crippen molar-refractivity contribution in [2.24, 2.45) is 5.73 Å². The van der Waals surface area contributed by atoms with Gasteiger partial charge in [0.2, 0.25) is 0 Å². The number of ether oxygens (including phenoxy) is 1. The van der Waals surface area contributed by atoms with Crippen molar-refractivity contribution in [2.45, 2.75) is 39.7 Å². The van der Waals surface area contributed by atoms with Gasteiger partial charge in [-0.2, -0.15) is 23.4 Å². The molecule has 16 heteroatoms. The number of alkyl halides is 5. The van der Waals surface area contributed by atoms with E-state index in [-0.39, 0.29) is 44.5 Å². The van der Waals surface area contributed by atoms with E-state index in [9.17, 15) is 31.5 Å². The van der Waals surface area contributed by atoms with Crippen molar-refractivity contribution < 1.29 is 36.3 Å². The molecule has 43 heavy (non-hydrogen) atoms. The number of hydrogen-bond acceptors (Lipinski definition) is 7. The Hall–Kier alpha value is -4.86. The highest BCUT2D eigenvalue weighted by atomic mass is 32.1. The molecule has 2 amide bonds. The van der Waals surface area contributed by atoms with Crippen LogP contribution in [0.5, 0.6) is 5.75 Å². The van der Waals surface area contributed by atoms with Gasteiger partial charge >= 0.3 is 6.18 Å². The highest BCUT2D eigenvalue weighted by Crippen LogP contribution is 2.43. The van der Waals surface area contributed by atoms with E-state index in [4.69, 9.17) is 10.5 Å². The number of amides is 2. The smallest absolute Gasteiger partial charge is 0.416 e. The number of carbonyl (C=O) groups is 2. The van der Waals surface area contributed by atoms with E-state index in [1.807, 2.05) is 6.92 Å². The van der Waals surface area contributed by atoms with Gasteiger partial charge in [-0.1, -0.05) is 6.07 Å². The topological polar surface area (TPSA) is 130 Å². The minimum absolute atomic E-state index is 0.0285. The first-order valence-electron chi connectivity index (χ1n) is 12.6. The van der Waals surface area contributed by atoms with Crippen LogP contribution in [0, 0.1) is 6.92 Å². The molecular formula is C27H22F5N7O3S. The number of pyridine rings is 1. The Morgan fingerprint density at radius 2 is 1.93 bits per heavy atom. The summed E-state index contributed by atoms with van der Waals surface area (Å²) in [4.78, 5) is 29.6. The highest BCUT2D eigenvalue weighted by molar-refractivity contribution is 7.21. The lowest BCUT2D eigenvalue weighted by atomic mass is 10.0. The van der Waals surface area contributed by atoms with Crippen molar-refractivity contribution in [3.63, 3.8) is 0 Å². The number of aryl methyl sites for hydroxylation is 1. The third-order valence-corrected chi connectivity index (χ3v) is 7.56. The maximum Gasteiger partial charge on any atom is 0.416 e. The zero-order valence-corrected chi connectivity index (χ0v) is 23.3. The Morgan fingerprint density at radius 1 is 1.16 bits per heavy atom. The van der Waals surface area contributed by atoms with Crippen LogP contribution in [0.3, 0.4) is 0 Å². The summed E-state index contributed by atoms with van der Waals surface area (Å²) < 4.78 is 74.8. The molecule has 5 rings (SSSR count). The number of carbonyl (C=O) groups excluding carboxylic acids is 2. The first kappa shape index (κ1) is 29.6. The quantitative estimate of drug-likeness (QED) is 0.194. The van der Waals surface area contributed by atoms with Crippen molar-refractivity contribution in [1.29, 1.82) is 0 Å². The number of hydrogen-bond donors (Lipinski definition) is 2. The van der Waals surface area contributed by atoms with Gasteiger partial charge in [0.1, 0.15) is 21.2 Å². The molecule has 0 fully saturated rings. The fraction of sp³-hybridized carbons (Fsp3) is 0.222. The Balaban J connectivity index is 1.47. The number of rotatable bonds is 9. The third-order valence-electron chi connectivity index (χ3n) is 6.46. The van der Waals surface area contributed by atoms with Crippen LogP contribution in [0.4, 0.5) is 27.6 Å². The molecule has 0 aliphatic rings.